The van der Waals surface area contributed by atoms with E-state index < -0.39 is 0 Å². The van der Waals surface area contributed by atoms with E-state index >= 15 is 0 Å². The van der Waals surface area contributed by atoms with Crippen LogP contribution in [0.2, 0.25) is 0 Å². The third kappa shape index (κ3) is 2.24. The maximum Gasteiger partial charge on any atom is 0.101 e. The summed E-state index contributed by atoms with van der Waals surface area (Å²) >= 11 is 9.60. The standard InChI is InChI=1S/C18H15NS5/c1-4-5-13-19-14-15(24-13)9(3)21-16(14)11-7-12-18(23-11)17-10(22-12)6-8(2)20-17/h6-7H,4-5H2,1-3H3. The molecule has 5 rings (SSSR count). The molecule has 24 heavy (non-hydrogen) atoms. The van der Waals surface area contributed by atoms with Crippen LogP contribution >= 0.6 is 56.7 Å². The lowest BCUT2D eigenvalue weighted by atomic mass is 10.3. The highest BCUT2D eigenvalue weighted by Crippen LogP contribution is 2.49. The van der Waals surface area contributed by atoms with Crippen molar-refractivity contribution in [1.82, 2.24) is 4.98 Å². The fourth-order valence-electron chi connectivity index (χ4n) is 3.06. The van der Waals surface area contributed by atoms with E-state index in [-0.39, 0.29) is 0 Å². The molecule has 0 aromatic carbocycles. The van der Waals surface area contributed by atoms with Gasteiger partial charge in [-0.15, -0.1) is 56.7 Å². The molecule has 0 fully saturated rings. The van der Waals surface area contributed by atoms with Gasteiger partial charge in [-0.25, -0.2) is 4.98 Å². The van der Waals surface area contributed by atoms with Crippen LogP contribution in [-0.2, 0) is 6.42 Å². The Labute approximate surface area is 160 Å². The molecule has 0 bridgehead atoms. The zero-order chi connectivity index (χ0) is 16.4. The third-order valence-corrected chi connectivity index (χ3v) is 10.4. The highest BCUT2D eigenvalue weighted by molar-refractivity contribution is 7.40. The summed E-state index contributed by atoms with van der Waals surface area (Å²) in [6.07, 6.45) is 2.26. The van der Waals surface area contributed by atoms with E-state index in [1.54, 1.807) is 0 Å². The minimum atomic E-state index is 1.09. The minimum Gasteiger partial charge on any atom is -0.240 e. The summed E-state index contributed by atoms with van der Waals surface area (Å²) < 4.78 is 7.20. The van der Waals surface area contributed by atoms with Gasteiger partial charge >= 0.3 is 0 Å². The lowest BCUT2D eigenvalue weighted by molar-refractivity contribution is 0.913. The summed E-state index contributed by atoms with van der Waals surface area (Å²) in [7, 11) is 0. The van der Waals surface area contributed by atoms with Crippen LogP contribution in [0.5, 0.6) is 0 Å². The molecule has 6 heteroatoms. The summed E-state index contributed by atoms with van der Waals surface area (Å²) in [5.41, 5.74) is 1.23. The number of nitrogens with zero attached hydrogens (tertiary/aromatic N) is 1. The maximum atomic E-state index is 4.96. The van der Waals surface area contributed by atoms with E-state index in [1.165, 1.54) is 60.0 Å². The fraction of sp³-hybridized carbons (Fsp3) is 0.278. The van der Waals surface area contributed by atoms with E-state index in [9.17, 15) is 0 Å². The highest BCUT2D eigenvalue weighted by atomic mass is 32.1. The Kier molecular flexibility index (Phi) is 3.61. The predicted molar refractivity (Wildman–Crippen MR) is 115 cm³/mol. The number of aryl methyl sites for hydroxylation is 3. The summed E-state index contributed by atoms with van der Waals surface area (Å²) in [4.78, 5) is 10.5. The fourth-order valence-corrected chi connectivity index (χ4v) is 9.46. The second kappa shape index (κ2) is 5.61. The van der Waals surface area contributed by atoms with Crippen LogP contribution in [0.15, 0.2) is 12.1 Å². The van der Waals surface area contributed by atoms with Crippen molar-refractivity contribution in [2.75, 3.05) is 0 Å². The van der Waals surface area contributed by atoms with Gasteiger partial charge in [-0.2, -0.15) is 0 Å². The van der Waals surface area contributed by atoms with Crippen LogP contribution in [0.25, 0.3) is 38.8 Å². The first-order valence-corrected chi connectivity index (χ1v) is 12.0. The Hall–Kier alpha value is -0.790. The van der Waals surface area contributed by atoms with Crippen molar-refractivity contribution in [2.45, 2.75) is 33.6 Å². The minimum absolute atomic E-state index is 1.09. The number of thiophene rings is 4. The molecule has 122 valence electrons. The second-order valence-corrected chi connectivity index (χ2v) is 11.7. The van der Waals surface area contributed by atoms with Crippen LogP contribution in [0.4, 0.5) is 0 Å². The Bertz CT molecular complexity index is 1190. The Morgan fingerprint density at radius 1 is 0.875 bits per heavy atom. The van der Waals surface area contributed by atoms with Crippen molar-refractivity contribution in [3.63, 3.8) is 0 Å². The quantitative estimate of drug-likeness (QED) is 0.295. The second-order valence-electron chi connectivity index (χ2n) is 5.98. The number of rotatable bonds is 3. The van der Waals surface area contributed by atoms with Gasteiger partial charge in [-0.1, -0.05) is 6.92 Å². The first kappa shape index (κ1) is 15.5. The molecule has 0 atom stereocenters. The number of hydrogen-bond acceptors (Lipinski definition) is 6. The molecule has 5 aromatic heterocycles. The predicted octanol–water partition coefficient (Wildman–Crippen LogP) is 8.09. The van der Waals surface area contributed by atoms with Crippen molar-refractivity contribution in [3.8, 4) is 9.75 Å². The lowest BCUT2D eigenvalue weighted by Crippen LogP contribution is -1.79. The van der Waals surface area contributed by atoms with Crippen LogP contribution in [0.3, 0.4) is 0 Å². The average Bonchev–Trinajstić information content (AvgIpc) is 3.27. The van der Waals surface area contributed by atoms with Gasteiger partial charge in [0, 0.05) is 24.0 Å². The average molecular weight is 406 g/mol. The number of thiazole rings is 1. The topological polar surface area (TPSA) is 12.9 Å². The van der Waals surface area contributed by atoms with Crippen LogP contribution < -0.4 is 0 Å². The number of hydrogen-bond donors (Lipinski definition) is 0. The van der Waals surface area contributed by atoms with Crippen LogP contribution in [0.1, 0.15) is 28.1 Å². The smallest absolute Gasteiger partial charge is 0.101 e. The van der Waals surface area contributed by atoms with Crippen molar-refractivity contribution in [1.29, 1.82) is 0 Å². The summed E-state index contributed by atoms with van der Waals surface area (Å²) in [6.45, 7) is 6.67. The van der Waals surface area contributed by atoms with Crippen molar-refractivity contribution in [2.24, 2.45) is 0 Å². The molecule has 0 radical (unpaired) electrons. The molecule has 0 aliphatic carbocycles. The molecule has 0 aliphatic rings. The Morgan fingerprint density at radius 3 is 2.50 bits per heavy atom. The highest BCUT2D eigenvalue weighted by Gasteiger charge is 2.19. The van der Waals surface area contributed by atoms with Gasteiger partial charge in [0.15, 0.2) is 0 Å². The SMILES string of the molecule is CCCc1nc2c(-c3cc4sc5cc(C)sc5c4s3)sc(C)c2s1. The van der Waals surface area contributed by atoms with Gasteiger partial charge in [0.2, 0.25) is 0 Å². The van der Waals surface area contributed by atoms with Gasteiger partial charge in [0.1, 0.15) is 5.52 Å². The molecule has 0 saturated heterocycles. The molecule has 0 amide bonds. The van der Waals surface area contributed by atoms with E-state index in [0.717, 1.165) is 6.42 Å². The molecular weight excluding hydrogens is 391 g/mol. The van der Waals surface area contributed by atoms with E-state index in [1.807, 2.05) is 56.7 Å². The van der Waals surface area contributed by atoms with E-state index in [2.05, 4.69) is 32.9 Å². The molecule has 0 saturated carbocycles. The number of fused-ring (bicyclic) bond motifs is 4. The molecule has 0 unspecified atom stereocenters. The monoisotopic (exact) mass is 405 g/mol. The van der Waals surface area contributed by atoms with Gasteiger partial charge in [-0.05, 0) is 38.8 Å². The molecule has 0 spiro atoms. The normalized spacial score (nSPS) is 12.3. The van der Waals surface area contributed by atoms with Gasteiger partial charge in [0.05, 0.1) is 24.0 Å². The first-order valence-electron chi connectivity index (χ1n) is 7.95. The summed E-state index contributed by atoms with van der Waals surface area (Å²) in [5.74, 6) is 0. The summed E-state index contributed by atoms with van der Waals surface area (Å²) in [5, 5.41) is 1.29. The van der Waals surface area contributed by atoms with E-state index in [0.29, 0.717) is 0 Å². The first-order chi connectivity index (χ1) is 11.6. The van der Waals surface area contributed by atoms with Crippen LogP contribution in [0, 0.1) is 13.8 Å². The van der Waals surface area contributed by atoms with Gasteiger partial charge in [0.25, 0.3) is 0 Å². The van der Waals surface area contributed by atoms with Crippen molar-refractivity contribution < 1.29 is 0 Å². The maximum absolute atomic E-state index is 4.96. The Morgan fingerprint density at radius 2 is 1.67 bits per heavy atom. The third-order valence-electron chi connectivity index (χ3n) is 4.09. The van der Waals surface area contributed by atoms with Gasteiger partial charge < -0.3 is 0 Å². The molecule has 1 nitrogen and oxygen atoms in total. The zero-order valence-electron chi connectivity index (χ0n) is 13.6. The molecule has 5 heterocycles. The van der Waals surface area contributed by atoms with Gasteiger partial charge in [-0.3, -0.25) is 0 Å². The van der Waals surface area contributed by atoms with E-state index in [4.69, 9.17) is 4.98 Å². The number of aromatic nitrogens is 1. The van der Waals surface area contributed by atoms with Crippen molar-refractivity contribution >= 4 is 85.7 Å². The van der Waals surface area contributed by atoms with Crippen molar-refractivity contribution in [3.05, 3.63) is 26.9 Å². The molecular formula is C18H15NS5. The summed E-state index contributed by atoms with van der Waals surface area (Å²) in [6, 6.07) is 4.71. The molecule has 0 N–H and O–H groups in total. The van der Waals surface area contributed by atoms with Crippen LogP contribution in [-0.4, -0.2) is 4.98 Å². The zero-order valence-corrected chi connectivity index (χ0v) is 17.6. The molecule has 5 aromatic rings. The lowest BCUT2D eigenvalue weighted by Gasteiger charge is -1.92. The Balaban J connectivity index is 1.72. The largest absolute Gasteiger partial charge is 0.240 e. The molecule has 0 aliphatic heterocycles.